The Bertz CT molecular complexity index is 678. The fraction of sp³-hybridized carbons (Fsp3) is 0.421. The molecular formula is C19H25N3O2S. The van der Waals surface area contributed by atoms with E-state index in [4.69, 9.17) is 4.74 Å². The van der Waals surface area contributed by atoms with Crippen LogP contribution in [-0.2, 0) is 24.4 Å². The first kappa shape index (κ1) is 17.9. The molecule has 0 aliphatic carbocycles. The lowest BCUT2D eigenvalue weighted by Gasteiger charge is -2.26. The van der Waals surface area contributed by atoms with E-state index in [-0.39, 0.29) is 6.03 Å². The van der Waals surface area contributed by atoms with Crippen LogP contribution in [-0.4, -0.2) is 37.2 Å². The van der Waals surface area contributed by atoms with Gasteiger partial charge in [-0.3, -0.25) is 4.90 Å². The van der Waals surface area contributed by atoms with Gasteiger partial charge < -0.3 is 15.4 Å². The van der Waals surface area contributed by atoms with Crippen molar-refractivity contribution in [3.8, 4) is 0 Å². The largest absolute Gasteiger partial charge is 0.379 e. The Morgan fingerprint density at radius 3 is 2.40 bits per heavy atom. The number of thiophene rings is 1. The maximum absolute atomic E-state index is 11.9. The number of morpholine rings is 1. The quantitative estimate of drug-likeness (QED) is 0.834. The van der Waals surface area contributed by atoms with Gasteiger partial charge >= 0.3 is 6.03 Å². The summed E-state index contributed by atoms with van der Waals surface area (Å²) >= 11 is 1.71. The highest BCUT2D eigenvalue weighted by atomic mass is 32.1. The average Bonchev–Trinajstić information content (AvgIpc) is 3.06. The molecule has 1 aliphatic rings. The monoisotopic (exact) mass is 359 g/mol. The first-order valence-electron chi connectivity index (χ1n) is 8.64. The van der Waals surface area contributed by atoms with Gasteiger partial charge in [-0.1, -0.05) is 24.3 Å². The Hall–Kier alpha value is -1.89. The number of ether oxygens (including phenoxy) is 1. The highest BCUT2D eigenvalue weighted by Gasteiger charge is 2.10. The predicted octanol–water partition coefficient (Wildman–Crippen LogP) is 2.89. The van der Waals surface area contributed by atoms with Gasteiger partial charge in [0.15, 0.2) is 0 Å². The summed E-state index contributed by atoms with van der Waals surface area (Å²) in [5.41, 5.74) is 2.40. The second-order valence-electron chi connectivity index (χ2n) is 6.25. The zero-order valence-electron chi connectivity index (χ0n) is 14.6. The first-order chi connectivity index (χ1) is 12.2. The van der Waals surface area contributed by atoms with Gasteiger partial charge in [0.1, 0.15) is 0 Å². The lowest BCUT2D eigenvalue weighted by molar-refractivity contribution is 0.0342. The Morgan fingerprint density at radius 1 is 1.04 bits per heavy atom. The van der Waals surface area contributed by atoms with Crippen molar-refractivity contribution >= 4 is 17.4 Å². The Morgan fingerprint density at radius 2 is 1.72 bits per heavy atom. The second-order valence-corrected chi connectivity index (χ2v) is 7.63. The van der Waals surface area contributed by atoms with Gasteiger partial charge in [-0.2, -0.15) is 0 Å². The van der Waals surface area contributed by atoms with Crippen molar-refractivity contribution in [2.24, 2.45) is 0 Å². The number of aryl methyl sites for hydroxylation is 1. The van der Waals surface area contributed by atoms with Gasteiger partial charge in [0.2, 0.25) is 0 Å². The van der Waals surface area contributed by atoms with Crippen LogP contribution in [0.2, 0.25) is 0 Å². The van der Waals surface area contributed by atoms with Gasteiger partial charge in [0.05, 0.1) is 19.8 Å². The molecular weight excluding hydrogens is 334 g/mol. The van der Waals surface area contributed by atoms with E-state index in [1.807, 2.05) is 6.07 Å². The Labute approximate surface area is 153 Å². The van der Waals surface area contributed by atoms with Crippen LogP contribution in [0.3, 0.4) is 0 Å². The molecule has 0 radical (unpaired) electrons. The van der Waals surface area contributed by atoms with E-state index in [2.05, 4.69) is 52.8 Å². The molecule has 1 fully saturated rings. The SMILES string of the molecule is Cc1ccc(CNC(=O)NCc2ccc(CN3CCOCC3)cc2)s1. The van der Waals surface area contributed by atoms with Crippen LogP contribution >= 0.6 is 11.3 Å². The Balaban J connectivity index is 1.39. The van der Waals surface area contributed by atoms with Crippen LogP contribution in [0.25, 0.3) is 0 Å². The van der Waals surface area contributed by atoms with Crippen LogP contribution < -0.4 is 10.6 Å². The van der Waals surface area contributed by atoms with E-state index in [0.717, 1.165) is 38.4 Å². The van der Waals surface area contributed by atoms with Gasteiger partial charge in [-0.25, -0.2) is 4.79 Å². The number of nitrogens with zero attached hydrogens (tertiary/aromatic N) is 1. The highest BCUT2D eigenvalue weighted by Crippen LogP contribution is 2.14. The second kappa shape index (κ2) is 8.99. The van der Waals surface area contributed by atoms with Crippen LogP contribution in [0, 0.1) is 6.92 Å². The number of benzene rings is 1. The number of carbonyl (C=O) groups is 1. The molecule has 0 atom stereocenters. The maximum Gasteiger partial charge on any atom is 0.315 e. The van der Waals surface area contributed by atoms with Crippen molar-refractivity contribution in [2.45, 2.75) is 26.6 Å². The third kappa shape index (κ3) is 5.85. The number of hydrogen-bond acceptors (Lipinski definition) is 4. The van der Waals surface area contributed by atoms with Crippen LogP contribution in [0.4, 0.5) is 4.79 Å². The molecule has 25 heavy (non-hydrogen) atoms. The number of amides is 2. The summed E-state index contributed by atoms with van der Waals surface area (Å²) in [6.07, 6.45) is 0. The van der Waals surface area contributed by atoms with Crippen molar-refractivity contribution in [2.75, 3.05) is 26.3 Å². The Kier molecular flexibility index (Phi) is 6.44. The van der Waals surface area contributed by atoms with Crippen molar-refractivity contribution in [3.05, 3.63) is 57.3 Å². The standard InChI is InChI=1S/C19H25N3O2S/c1-15-2-7-18(25-15)13-21-19(23)20-12-16-3-5-17(6-4-16)14-22-8-10-24-11-9-22/h2-7H,8-14H2,1H3,(H2,20,21,23). The fourth-order valence-corrected chi connectivity index (χ4v) is 3.60. The molecule has 134 valence electrons. The maximum atomic E-state index is 11.9. The third-order valence-corrected chi connectivity index (χ3v) is 5.21. The zero-order chi connectivity index (χ0) is 17.5. The number of rotatable bonds is 6. The van der Waals surface area contributed by atoms with E-state index in [0.29, 0.717) is 13.1 Å². The number of carbonyl (C=O) groups excluding carboxylic acids is 1. The van der Waals surface area contributed by atoms with E-state index in [9.17, 15) is 4.79 Å². The van der Waals surface area contributed by atoms with Crippen molar-refractivity contribution in [3.63, 3.8) is 0 Å². The molecule has 2 N–H and O–H groups in total. The highest BCUT2D eigenvalue weighted by molar-refractivity contribution is 7.11. The molecule has 0 spiro atoms. The molecule has 0 bridgehead atoms. The number of urea groups is 1. The van der Waals surface area contributed by atoms with Gasteiger partial charge in [0, 0.05) is 35.9 Å². The van der Waals surface area contributed by atoms with Crippen molar-refractivity contribution < 1.29 is 9.53 Å². The summed E-state index contributed by atoms with van der Waals surface area (Å²) in [6.45, 7) is 7.76. The third-order valence-electron chi connectivity index (χ3n) is 4.21. The average molecular weight is 359 g/mol. The predicted molar refractivity (Wildman–Crippen MR) is 101 cm³/mol. The molecule has 1 aliphatic heterocycles. The van der Waals surface area contributed by atoms with E-state index >= 15 is 0 Å². The zero-order valence-corrected chi connectivity index (χ0v) is 15.4. The molecule has 2 amide bonds. The van der Waals surface area contributed by atoms with E-state index in [1.165, 1.54) is 15.3 Å². The topological polar surface area (TPSA) is 53.6 Å². The summed E-state index contributed by atoms with van der Waals surface area (Å²) in [6, 6.07) is 12.4. The molecule has 1 aromatic carbocycles. The summed E-state index contributed by atoms with van der Waals surface area (Å²) in [7, 11) is 0. The summed E-state index contributed by atoms with van der Waals surface area (Å²) in [5.74, 6) is 0. The number of nitrogens with one attached hydrogen (secondary N) is 2. The minimum Gasteiger partial charge on any atom is -0.379 e. The minimum atomic E-state index is -0.136. The van der Waals surface area contributed by atoms with Crippen LogP contribution in [0.1, 0.15) is 20.9 Å². The number of hydrogen-bond donors (Lipinski definition) is 2. The lowest BCUT2D eigenvalue weighted by Crippen LogP contribution is -2.35. The molecule has 1 saturated heterocycles. The van der Waals surface area contributed by atoms with Gasteiger partial charge in [-0.05, 0) is 30.2 Å². The molecule has 2 heterocycles. The normalized spacial score (nSPS) is 15.1. The summed E-state index contributed by atoms with van der Waals surface area (Å²) in [4.78, 5) is 16.7. The molecule has 0 saturated carbocycles. The summed E-state index contributed by atoms with van der Waals surface area (Å²) < 4.78 is 5.37. The molecule has 6 heteroatoms. The molecule has 3 rings (SSSR count). The molecule has 5 nitrogen and oxygen atoms in total. The van der Waals surface area contributed by atoms with Gasteiger partial charge in [0.25, 0.3) is 0 Å². The van der Waals surface area contributed by atoms with Gasteiger partial charge in [-0.15, -0.1) is 11.3 Å². The molecule has 0 unspecified atom stereocenters. The fourth-order valence-electron chi connectivity index (χ4n) is 2.77. The van der Waals surface area contributed by atoms with E-state index in [1.54, 1.807) is 11.3 Å². The first-order valence-corrected chi connectivity index (χ1v) is 9.45. The van der Waals surface area contributed by atoms with Crippen LogP contribution in [0.5, 0.6) is 0 Å². The van der Waals surface area contributed by atoms with Crippen molar-refractivity contribution in [1.29, 1.82) is 0 Å². The smallest absolute Gasteiger partial charge is 0.315 e. The van der Waals surface area contributed by atoms with Crippen molar-refractivity contribution in [1.82, 2.24) is 15.5 Å². The van der Waals surface area contributed by atoms with E-state index < -0.39 is 0 Å². The summed E-state index contributed by atoms with van der Waals surface area (Å²) in [5, 5.41) is 5.79. The lowest BCUT2D eigenvalue weighted by atomic mass is 10.1. The molecule has 1 aromatic heterocycles. The molecule has 2 aromatic rings. The van der Waals surface area contributed by atoms with Crippen LogP contribution in [0.15, 0.2) is 36.4 Å². The minimum absolute atomic E-state index is 0.136.